The number of ether oxygens (including phenoxy) is 1. The van der Waals surface area contributed by atoms with Gasteiger partial charge >= 0.3 is 12.1 Å². The second-order valence-corrected chi connectivity index (χ2v) is 10.5. The number of nitrogens with zero attached hydrogens (tertiary/aromatic N) is 2. The van der Waals surface area contributed by atoms with Gasteiger partial charge in [-0.1, -0.05) is 24.3 Å². The lowest BCUT2D eigenvalue weighted by molar-refractivity contribution is -0.137. The van der Waals surface area contributed by atoms with E-state index < -0.39 is 27.5 Å². The van der Waals surface area contributed by atoms with Gasteiger partial charge in [0.2, 0.25) is 5.88 Å². The molecule has 2 heterocycles. The number of para-hydroxylation sites is 1. The number of benzene rings is 2. The molecular formula is C23H17F3N2O4S2. The van der Waals surface area contributed by atoms with Crippen molar-refractivity contribution in [2.24, 2.45) is 0 Å². The normalized spacial score (nSPS) is 12.0. The Hall–Kier alpha value is -3.44. The van der Waals surface area contributed by atoms with E-state index in [4.69, 9.17) is 4.74 Å². The minimum Gasteiger partial charge on any atom is -0.406 e. The van der Waals surface area contributed by atoms with Crippen molar-refractivity contribution in [2.75, 3.05) is 6.26 Å². The van der Waals surface area contributed by atoms with Gasteiger partial charge in [-0.05, 0) is 42.0 Å². The number of carbonyl (C=O) groups excluding carboxylic acids is 1. The van der Waals surface area contributed by atoms with E-state index in [-0.39, 0.29) is 22.2 Å². The monoisotopic (exact) mass is 506 g/mol. The molecule has 0 aliphatic heterocycles. The second kappa shape index (κ2) is 8.73. The average molecular weight is 507 g/mol. The Bertz CT molecular complexity index is 1490. The molecule has 4 rings (SSSR count). The van der Waals surface area contributed by atoms with Crippen LogP contribution in [0.25, 0.3) is 26.7 Å². The number of aromatic nitrogens is 2. The molecule has 0 unspecified atom stereocenters. The Morgan fingerprint density at radius 1 is 1.00 bits per heavy atom. The molecule has 11 heteroatoms. The summed E-state index contributed by atoms with van der Waals surface area (Å²) in [6.07, 6.45) is -3.52. The van der Waals surface area contributed by atoms with Crippen LogP contribution in [0.15, 0.2) is 71.6 Å². The highest BCUT2D eigenvalue weighted by Crippen LogP contribution is 2.40. The second-order valence-electron chi connectivity index (χ2n) is 7.35. The van der Waals surface area contributed by atoms with Crippen LogP contribution in [0, 0.1) is 0 Å². The van der Waals surface area contributed by atoms with Gasteiger partial charge in [0.15, 0.2) is 9.84 Å². The predicted octanol–water partition coefficient (Wildman–Crippen LogP) is 5.62. The van der Waals surface area contributed by atoms with Gasteiger partial charge in [-0.15, -0.1) is 16.4 Å². The van der Waals surface area contributed by atoms with Gasteiger partial charge in [-0.25, -0.2) is 13.1 Å². The van der Waals surface area contributed by atoms with E-state index in [1.807, 2.05) is 0 Å². The smallest absolute Gasteiger partial charge is 0.406 e. The fourth-order valence-electron chi connectivity index (χ4n) is 3.32. The highest BCUT2D eigenvalue weighted by atomic mass is 32.2. The quantitative estimate of drug-likeness (QED) is 0.329. The molecule has 0 N–H and O–H groups in total. The van der Waals surface area contributed by atoms with Crippen LogP contribution >= 0.6 is 11.3 Å². The predicted molar refractivity (Wildman–Crippen MR) is 122 cm³/mol. The number of carbonyl (C=O) groups is 1. The highest BCUT2D eigenvalue weighted by molar-refractivity contribution is 7.90. The van der Waals surface area contributed by atoms with Crippen molar-refractivity contribution >= 4 is 27.1 Å². The number of rotatable bonds is 5. The van der Waals surface area contributed by atoms with Crippen molar-refractivity contribution in [3.05, 3.63) is 72.3 Å². The SMILES string of the molecule is CC(=O)Oc1cc(-c2ccc(-c3cccc(S(C)(=O)=O)c3)s2)n(-c2ccccc2C(F)(F)F)n1. The Morgan fingerprint density at radius 2 is 1.71 bits per heavy atom. The molecule has 4 aromatic rings. The molecular weight excluding hydrogens is 489 g/mol. The van der Waals surface area contributed by atoms with E-state index in [1.165, 1.54) is 54.7 Å². The molecule has 0 saturated heterocycles. The molecule has 176 valence electrons. The van der Waals surface area contributed by atoms with Crippen LogP contribution in [0.3, 0.4) is 0 Å². The summed E-state index contributed by atoms with van der Waals surface area (Å²) < 4.78 is 71.0. The Balaban J connectivity index is 1.85. The van der Waals surface area contributed by atoms with E-state index in [0.29, 0.717) is 15.3 Å². The first-order valence-corrected chi connectivity index (χ1v) is 12.5. The third-order valence-corrected chi connectivity index (χ3v) is 7.05. The fourth-order valence-corrected chi connectivity index (χ4v) is 5.00. The maximum Gasteiger partial charge on any atom is 0.418 e. The molecule has 2 aromatic carbocycles. The average Bonchev–Trinajstić information content (AvgIpc) is 3.39. The first kappa shape index (κ1) is 23.7. The Labute approximate surface area is 197 Å². The van der Waals surface area contributed by atoms with Crippen LogP contribution in [0.4, 0.5) is 13.2 Å². The zero-order valence-corrected chi connectivity index (χ0v) is 19.5. The first-order valence-electron chi connectivity index (χ1n) is 9.79. The lowest BCUT2D eigenvalue weighted by atomic mass is 10.1. The van der Waals surface area contributed by atoms with E-state index in [1.54, 1.807) is 24.3 Å². The molecule has 0 spiro atoms. The summed E-state index contributed by atoms with van der Waals surface area (Å²) in [7, 11) is -3.41. The standard InChI is InChI=1S/C23H17F3N2O4S2/c1-14(29)32-22-13-19(28(27-22)18-9-4-3-8-17(18)23(24,25)26)21-11-10-20(33-21)15-6-5-7-16(12-15)34(2,30)31/h3-13H,1-2H3. The molecule has 6 nitrogen and oxygen atoms in total. The lowest BCUT2D eigenvalue weighted by Crippen LogP contribution is -2.12. The molecule has 0 radical (unpaired) electrons. The van der Waals surface area contributed by atoms with Gasteiger partial charge in [0.1, 0.15) is 0 Å². The zero-order chi connectivity index (χ0) is 24.7. The first-order chi connectivity index (χ1) is 15.9. The van der Waals surface area contributed by atoms with Crippen molar-refractivity contribution in [3.8, 4) is 32.6 Å². The molecule has 0 aliphatic rings. The Kier molecular flexibility index (Phi) is 6.09. The molecule has 0 fully saturated rings. The van der Waals surface area contributed by atoms with E-state index in [2.05, 4.69) is 5.10 Å². The van der Waals surface area contributed by atoms with Crippen LogP contribution < -0.4 is 4.74 Å². The summed E-state index contributed by atoms with van der Waals surface area (Å²) in [6, 6.07) is 16.2. The van der Waals surface area contributed by atoms with E-state index in [0.717, 1.165) is 17.0 Å². The van der Waals surface area contributed by atoms with E-state index >= 15 is 0 Å². The summed E-state index contributed by atoms with van der Waals surface area (Å²) in [6.45, 7) is 1.17. The van der Waals surface area contributed by atoms with Crippen LogP contribution in [0.1, 0.15) is 12.5 Å². The maximum atomic E-state index is 13.7. The number of hydrogen-bond acceptors (Lipinski definition) is 6. The Morgan fingerprint density at radius 3 is 2.38 bits per heavy atom. The van der Waals surface area contributed by atoms with Crippen LogP contribution in [0.5, 0.6) is 5.88 Å². The number of esters is 1. The van der Waals surface area contributed by atoms with Crippen molar-refractivity contribution in [1.29, 1.82) is 0 Å². The topological polar surface area (TPSA) is 78.3 Å². The number of sulfone groups is 1. The molecule has 0 amide bonds. The van der Waals surface area contributed by atoms with Gasteiger partial charge in [-0.3, -0.25) is 4.79 Å². The zero-order valence-electron chi connectivity index (χ0n) is 17.8. The maximum absolute atomic E-state index is 13.7. The molecule has 0 bridgehead atoms. The van der Waals surface area contributed by atoms with Crippen LogP contribution in [-0.4, -0.2) is 30.4 Å². The third kappa shape index (κ3) is 4.90. The number of thiophene rings is 1. The van der Waals surface area contributed by atoms with Gasteiger partial charge in [0.05, 0.1) is 26.7 Å². The largest absolute Gasteiger partial charge is 0.418 e. The summed E-state index contributed by atoms with van der Waals surface area (Å²) in [5.74, 6) is -0.807. The lowest BCUT2D eigenvalue weighted by Gasteiger charge is -2.14. The molecule has 0 aliphatic carbocycles. The van der Waals surface area contributed by atoms with Crippen molar-refractivity contribution in [2.45, 2.75) is 18.0 Å². The van der Waals surface area contributed by atoms with Crippen LogP contribution in [0.2, 0.25) is 0 Å². The molecule has 34 heavy (non-hydrogen) atoms. The minimum absolute atomic E-state index is 0.145. The van der Waals surface area contributed by atoms with Gasteiger partial charge in [0, 0.05) is 24.1 Å². The van der Waals surface area contributed by atoms with Gasteiger partial charge in [0.25, 0.3) is 0 Å². The molecule has 2 aromatic heterocycles. The number of hydrogen-bond donors (Lipinski definition) is 0. The third-order valence-electron chi connectivity index (χ3n) is 4.78. The van der Waals surface area contributed by atoms with Crippen molar-refractivity contribution in [1.82, 2.24) is 9.78 Å². The van der Waals surface area contributed by atoms with E-state index in [9.17, 15) is 26.4 Å². The van der Waals surface area contributed by atoms with Gasteiger partial charge in [-0.2, -0.15) is 13.2 Å². The highest BCUT2D eigenvalue weighted by Gasteiger charge is 2.34. The minimum atomic E-state index is -4.63. The fraction of sp³-hybridized carbons (Fsp3) is 0.130. The summed E-state index contributed by atoms with van der Waals surface area (Å²) in [5.41, 5.74) is -0.201. The number of alkyl halides is 3. The number of halogens is 3. The molecule has 0 saturated carbocycles. The van der Waals surface area contributed by atoms with Crippen LogP contribution in [-0.2, 0) is 20.8 Å². The van der Waals surface area contributed by atoms with Crippen molar-refractivity contribution in [3.63, 3.8) is 0 Å². The summed E-state index contributed by atoms with van der Waals surface area (Å²) >= 11 is 1.24. The van der Waals surface area contributed by atoms with Gasteiger partial charge < -0.3 is 4.74 Å². The summed E-state index contributed by atoms with van der Waals surface area (Å²) in [5, 5.41) is 4.10. The summed E-state index contributed by atoms with van der Waals surface area (Å²) in [4.78, 5) is 12.8. The molecule has 0 atom stereocenters. The van der Waals surface area contributed by atoms with Crippen molar-refractivity contribution < 1.29 is 31.1 Å².